The first-order valence-corrected chi connectivity index (χ1v) is 9.59. The van der Waals surface area contributed by atoms with Crippen molar-refractivity contribution in [2.75, 3.05) is 0 Å². The maximum absolute atomic E-state index is 12.7. The first-order valence-electron chi connectivity index (χ1n) is 9.59. The highest BCUT2D eigenvalue weighted by Gasteiger charge is 2.53. The highest BCUT2D eigenvalue weighted by Crippen LogP contribution is 2.56. The lowest BCUT2D eigenvalue weighted by Gasteiger charge is -2.57. The number of carbonyl (C=O) groups is 2. The lowest BCUT2D eigenvalue weighted by atomic mass is 9.52. The Hall–Kier alpha value is -0.860. The summed E-state index contributed by atoms with van der Waals surface area (Å²) in [6.07, 6.45) is 9.38. The molecule has 0 aromatic carbocycles. The zero-order chi connectivity index (χ0) is 16.4. The van der Waals surface area contributed by atoms with E-state index in [1.54, 1.807) is 6.92 Å². The van der Waals surface area contributed by atoms with Gasteiger partial charge in [-0.05, 0) is 81.0 Å². The Morgan fingerprint density at radius 1 is 0.957 bits per heavy atom. The van der Waals surface area contributed by atoms with Crippen LogP contribution in [0.4, 0.5) is 0 Å². The second-order valence-electron chi connectivity index (χ2n) is 9.87. The zero-order valence-corrected chi connectivity index (χ0v) is 14.9. The Morgan fingerprint density at radius 2 is 1.48 bits per heavy atom. The number of hydrogen-bond acceptors (Lipinski definition) is 2. The van der Waals surface area contributed by atoms with Gasteiger partial charge >= 0.3 is 0 Å². The number of rotatable bonds is 4. The minimum absolute atomic E-state index is 0.00928. The van der Waals surface area contributed by atoms with E-state index in [1.165, 1.54) is 38.5 Å². The molecule has 5 saturated carbocycles. The number of amides is 1. The maximum Gasteiger partial charge on any atom is 0.220 e. The summed E-state index contributed by atoms with van der Waals surface area (Å²) >= 11 is 0. The largest absolute Gasteiger partial charge is 0.351 e. The van der Waals surface area contributed by atoms with Crippen molar-refractivity contribution in [3.05, 3.63) is 0 Å². The smallest absolute Gasteiger partial charge is 0.220 e. The molecule has 0 heterocycles. The second kappa shape index (κ2) is 5.07. The molecule has 3 heteroatoms. The van der Waals surface area contributed by atoms with Gasteiger partial charge in [0.25, 0.3) is 0 Å². The molecule has 0 unspecified atom stereocenters. The van der Waals surface area contributed by atoms with E-state index in [4.69, 9.17) is 0 Å². The summed E-state index contributed by atoms with van der Waals surface area (Å²) in [5.74, 6) is 3.64. The summed E-state index contributed by atoms with van der Waals surface area (Å²) in [7, 11) is 0. The molecular weight excluding hydrogens is 286 g/mol. The van der Waals surface area contributed by atoms with Crippen LogP contribution < -0.4 is 5.32 Å². The van der Waals surface area contributed by atoms with Gasteiger partial charge in [-0.15, -0.1) is 0 Å². The Kier molecular flexibility index (Phi) is 3.45. The van der Waals surface area contributed by atoms with Crippen LogP contribution in [-0.4, -0.2) is 17.2 Å². The van der Waals surface area contributed by atoms with E-state index in [2.05, 4.69) is 19.2 Å². The third kappa shape index (κ3) is 2.55. The third-order valence-corrected chi connectivity index (χ3v) is 7.84. The molecule has 5 aliphatic carbocycles. The van der Waals surface area contributed by atoms with Gasteiger partial charge in [0.15, 0.2) is 0 Å². The number of ketones is 1. The molecule has 5 rings (SSSR count). The van der Waals surface area contributed by atoms with Crippen molar-refractivity contribution in [3.63, 3.8) is 0 Å². The normalized spacial score (nSPS) is 46.3. The quantitative estimate of drug-likeness (QED) is 0.859. The van der Waals surface area contributed by atoms with Gasteiger partial charge in [0.2, 0.25) is 5.91 Å². The summed E-state index contributed by atoms with van der Waals surface area (Å²) < 4.78 is 0. The Balaban J connectivity index is 1.37. The molecule has 0 saturated heterocycles. The van der Waals surface area contributed by atoms with Crippen molar-refractivity contribution < 1.29 is 9.59 Å². The molecule has 128 valence electrons. The topological polar surface area (TPSA) is 46.2 Å². The van der Waals surface area contributed by atoms with Gasteiger partial charge in [0, 0.05) is 17.9 Å². The van der Waals surface area contributed by atoms with Crippen LogP contribution in [-0.2, 0) is 9.59 Å². The van der Waals surface area contributed by atoms with E-state index < -0.39 is 0 Å². The monoisotopic (exact) mass is 317 g/mol. The highest BCUT2D eigenvalue weighted by atomic mass is 16.1. The Labute approximate surface area is 140 Å². The zero-order valence-electron chi connectivity index (χ0n) is 14.9. The molecule has 1 amide bonds. The fourth-order valence-electron chi connectivity index (χ4n) is 6.89. The van der Waals surface area contributed by atoms with Crippen LogP contribution in [0.2, 0.25) is 0 Å². The predicted octanol–water partition coefficient (Wildman–Crippen LogP) is 3.71. The van der Waals surface area contributed by atoms with Crippen molar-refractivity contribution in [1.82, 2.24) is 5.32 Å². The molecule has 3 nitrogen and oxygen atoms in total. The summed E-state index contributed by atoms with van der Waals surface area (Å²) in [5.41, 5.74) is 0.115. The molecule has 1 N–H and O–H groups in total. The lowest BCUT2D eigenvalue weighted by Crippen LogP contribution is -2.60. The molecule has 2 atom stereocenters. The molecule has 0 aliphatic heterocycles. The van der Waals surface area contributed by atoms with Gasteiger partial charge in [0.1, 0.15) is 5.78 Å². The van der Waals surface area contributed by atoms with Gasteiger partial charge < -0.3 is 5.32 Å². The van der Waals surface area contributed by atoms with E-state index in [9.17, 15) is 9.59 Å². The maximum atomic E-state index is 12.7. The number of hydrogen-bond donors (Lipinski definition) is 1. The van der Waals surface area contributed by atoms with E-state index in [-0.39, 0.29) is 28.6 Å². The Morgan fingerprint density at radius 3 is 1.91 bits per heavy atom. The summed E-state index contributed by atoms with van der Waals surface area (Å²) in [4.78, 5) is 24.4. The van der Waals surface area contributed by atoms with E-state index in [0.29, 0.717) is 12.3 Å². The first-order chi connectivity index (χ1) is 10.8. The van der Waals surface area contributed by atoms with E-state index >= 15 is 0 Å². The molecular formula is C20H31NO2. The van der Waals surface area contributed by atoms with Crippen LogP contribution in [0.1, 0.15) is 72.1 Å². The number of carbonyl (C=O) groups excluding carboxylic acids is 2. The molecule has 0 spiro atoms. The van der Waals surface area contributed by atoms with Gasteiger partial charge in [-0.2, -0.15) is 0 Å². The number of nitrogens with one attached hydrogen (secondary N) is 1. The van der Waals surface area contributed by atoms with Crippen molar-refractivity contribution in [2.45, 2.75) is 77.7 Å². The summed E-state index contributed by atoms with van der Waals surface area (Å²) in [6, 6.07) is 0. The standard InChI is InChI=1S/C20H31NO2/c1-12(22)17-7-16(19(17,2)3)8-18(23)21-20-9-13-4-14(10-20)6-15(5-13)11-20/h13-17H,4-11H2,1-3H3,(H,21,23)/t13?,14?,15?,16-,17+,20?/m0/s1. The van der Waals surface area contributed by atoms with Crippen molar-refractivity contribution >= 4 is 11.7 Å². The van der Waals surface area contributed by atoms with Crippen LogP contribution in [0.25, 0.3) is 0 Å². The van der Waals surface area contributed by atoms with Crippen molar-refractivity contribution in [3.8, 4) is 0 Å². The van der Waals surface area contributed by atoms with Crippen molar-refractivity contribution in [2.24, 2.45) is 35.0 Å². The average Bonchev–Trinajstić information content (AvgIpc) is 2.40. The first kappa shape index (κ1) is 15.7. The van der Waals surface area contributed by atoms with E-state index in [1.807, 2.05) is 0 Å². The molecule has 23 heavy (non-hydrogen) atoms. The Bertz CT molecular complexity index is 500. The minimum Gasteiger partial charge on any atom is -0.351 e. The lowest BCUT2D eigenvalue weighted by molar-refractivity contribution is -0.142. The SMILES string of the molecule is CC(=O)[C@H]1C[C@@H](CC(=O)NC23CC4CC(CC(C4)C2)C3)C1(C)C. The average molecular weight is 317 g/mol. The molecule has 5 aliphatic rings. The molecule has 0 aromatic heterocycles. The third-order valence-electron chi connectivity index (χ3n) is 7.84. The fourth-order valence-corrected chi connectivity index (χ4v) is 6.89. The van der Waals surface area contributed by atoms with Crippen LogP contribution in [0, 0.1) is 35.0 Å². The van der Waals surface area contributed by atoms with Crippen molar-refractivity contribution in [1.29, 1.82) is 0 Å². The highest BCUT2D eigenvalue weighted by molar-refractivity contribution is 5.82. The predicted molar refractivity (Wildman–Crippen MR) is 89.7 cm³/mol. The summed E-state index contributed by atoms with van der Waals surface area (Å²) in [6.45, 7) is 6.01. The van der Waals surface area contributed by atoms with Crippen LogP contribution in [0.15, 0.2) is 0 Å². The van der Waals surface area contributed by atoms with Gasteiger partial charge in [-0.25, -0.2) is 0 Å². The van der Waals surface area contributed by atoms with E-state index in [0.717, 1.165) is 24.2 Å². The van der Waals surface area contributed by atoms with Crippen LogP contribution in [0.5, 0.6) is 0 Å². The molecule has 5 fully saturated rings. The molecule has 0 radical (unpaired) electrons. The van der Waals surface area contributed by atoms with Crippen LogP contribution >= 0.6 is 0 Å². The summed E-state index contributed by atoms with van der Waals surface area (Å²) in [5, 5.41) is 3.48. The molecule has 4 bridgehead atoms. The van der Waals surface area contributed by atoms with Gasteiger partial charge in [0.05, 0.1) is 0 Å². The minimum atomic E-state index is -0.00928. The second-order valence-corrected chi connectivity index (χ2v) is 9.87. The number of Topliss-reactive ketones (excluding diaryl/α,β-unsaturated/α-hetero) is 1. The van der Waals surface area contributed by atoms with Crippen LogP contribution in [0.3, 0.4) is 0 Å². The van der Waals surface area contributed by atoms with Gasteiger partial charge in [-0.1, -0.05) is 13.8 Å². The van der Waals surface area contributed by atoms with Gasteiger partial charge in [-0.3, -0.25) is 9.59 Å². The molecule has 0 aromatic rings. The fraction of sp³-hybridized carbons (Fsp3) is 0.900.